The molecule has 16 heteroatoms. The van der Waals surface area contributed by atoms with Crippen molar-refractivity contribution in [2.45, 2.75) is 58.3 Å². The Labute approximate surface area is 277 Å². The third kappa shape index (κ3) is 6.01. The van der Waals surface area contributed by atoms with Gasteiger partial charge in [0.2, 0.25) is 0 Å². The summed E-state index contributed by atoms with van der Waals surface area (Å²) >= 11 is 0. The zero-order valence-electron chi connectivity index (χ0n) is 27.0. The molecule has 2 aliphatic heterocycles. The van der Waals surface area contributed by atoms with E-state index in [4.69, 9.17) is 23.7 Å². The molecule has 0 aromatic carbocycles. The zero-order chi connectivity index (χ0) is 35.1. The number of aromatic nitrogens is 4. The van der Waals surface area contributed by atoms with Gasteiger partial charge < -0.3 is 33.2 Å². The predicted molar refractivity (Wildman–Crippen MR) is 168 cm³/mol. The topological polar surface area (TPSA) is 198 Å². The molecule has 6 rings (SSSR count). The first-order chi connectivity index (χ1) is 23.4. The number of esters is 4. The number of aromatic amines is 1. The second kappa shape index (κ2) is 13.0. The lowest BCUT2D eigenvalue weighted by molar-refractivity contribution is -0.267. The van der Waals surface area contributed by atoms with E-state index in [2.05, 4.69) is 15.0 Å². The Morgan fingerprint density at radius 1 is 0.796 bits per heavy atom. The van der Waals surface area contributed by atoms with Gasteiger partial charge in [0.05, 0.1) is 11.1 Å². The van der Waals surface area contributed by atoms with E-state index < -0.39 is 72.9 Å². The molecule has 0 bridgehead atoms. The fraction of sp³-hybridized carbons (Fsp3) is 0.333. The van der Waals surface area contributed by atoms with E-state index in [1.807, 2.05) is 0 Å². The van der Waals surface area contributed by atoms with Crippen molar-refractivity contribution in [3.63, 3.8) is 0 Å². The summed E-state index contributed by atoms with van der Waals surface area (Å²) in [5.41, 5.74) is 1.70. The minimum absolute atomic E-state index is 0.0691. The van der Waals surface area contributed by atoms with E-state index in [1.165, 1.54) is 30.9 Å². The van der Waals surface area contributed by atoms with Crippen LogP contribution in [0.25, 0.3) is 33.2 Å². The van der Waals surface area contributed by atoms with Gasteiger partial charge in [-0.25, -0.2) is 9.97 Å². The van der Waals surface area contributed by atoms with Crippen molar-refractivity contribution in [1.82, 2.24) is 24.4 Å². The summed E-state index contributed by atoms with van der Waals surface area (Å²) in [6.45, 7) is 4.13. The van der Waals surface area contributed by atoms with Crippen molar-refractivity contribution in [3.05, 3.63) is 60.2 Å². The molecule has 4 aromatic rings. The molecule has 1 fully saturated rings. The van der Waals surface area contributed by atoms with Crippen LogP contribution in [-0.2, 0) is 52.5 Å². The van der Waals surface area contributed by atoms with Gasteiger partial charge in [0, 0.05) is 81.4 Å². The van der Waals surface area contributed by atoms with Gasteiger partial charge in [-0.1, -0.05) is 0 Å². The van der Waals surface area contributed by atoms with Crippen LogP contribution in [0.1, 0.15) is 45.0 Å². The van der Waals surface area contributed by atoms with Gasteiger partial charge in [-0.05, 0) is 24.3 Å². The van der Waals surface area contributed by atoms with Gasteiger partial charge in [-0.3, -0.25) is 33.7 Å². The number of pyridine rings is 2. The molecule has 4 aromatic heterocycles. The molecule has 2 amide bonds. The molecule has 254 valence electrons. The molecule has 49 heavy (non-hydrogen) atoms. The predicted octanol–water partition coefficient (Wildman–Crippen LogP) is 2.08. The fourth-order valence-electron chi connectivity index (χ4n) is 6.21. The van der Waals surface area contributed by atoms with Crippen LogP contribution in [-0.4, -0.2) is 98.2 Å². The second-order valence-corrected chi connectivity index (χ2v) is 11.4. The number of H-pyrrole nitrogens is 1. The maximum Gasteiger partial charge on any atom is 0.303 e. The summed E-state index contributed by atoms with van der Waals surface area (Å²) in [6.07, 6.45) is -0.625. The van der Waals surface area contributed by atoms with Gasteiger partial charge in [0.1, 0.15) is 24.0 Å². The van der Waals surface area contributed by atoms with Crippen molar-refractivity contribution < 1.29 is 52.5 Å². The van der Waals surface area contributed by atoms with Crippen molar-refractivity contribution in [2.24, 2.45) is 0 Å². The molecule has 2 aliphatic rings. The molecular weight excluding hydrogens is 642 g/mol. The lowest BCUT2D eigenvalue weighted by Crippen LogP contribution is -2.60. The second-order valence-electron chi connectivity index (χ2n) is 11.4. The first kappa shape index (κ1) is 33.0. The molecule has 0 saturated carbocycles. The number of carbonyl (C=O) groups excluding carboxylic acids is 6. The third-order valence-electron chi connectivity index (χ3n) is 8.11. The normalized spacial score (nSPS) is 22.5. The van der Waals surface area contributed by atoms with Crippen molar-refractivity contribution in [1.29, 1.82) is 0 Å². The highest BCUT2D eigenvalue weighted by Crippen LogP contribution is 2.43. The third-order valence-corrected chi connectivity index (χ3v) is 8.11. The molecule has 16 nitrogen and oxygen atoms in total. The van der Waals surface area contributed by atoms with E-state index >= 15 is 0 Å². The van der Waals surface area contributed by atoms with E-state index in [0.717, 1.165) is 25.7 Å². The largest absolute Gasteiger partial charge is 0.463 e. The number of amides is 2. The Kier molecular flexibility index (Phi) is 8.73. The number of hydrogen-bond donors (Lipinski definition) is 1. The van der Waals surface area contributed by atoms with Gasteiger partial charge in [-0.2, -0.15) is 0 Å². The van der Waals surface area contributed by atoms with Crippen LogP contribution in [0.15, 0.2) is 49.1 Å². The lowest BCUT2D eigenvalue weighted by Gasteiger charge is -2.44. The van der Waals surface area contributed by atoms with Crippen LogP contribution in [0.5, 0.6) is 0 Å². The maximum absolute atomic E-state index is 13.9. The van der Waals surface area contributed by atoms with Gasteiger partial charge in [0.25, 0.3) is 11.8 Å². The summed E-state index contributed by atoms with van der Waals surface area (Å²) in [7, 11) is 1.38. The monoisotopic (exact) mass is 673 g/mol. The van der Waals surface area contributed by atoms with E-state index in [-0.39, 0.29) is 16.8 Å². The number of rotatable bonds is 8. The number of carbonyl (C=O) groups is 6. The summed E-state index contributed by atoms with van der Waals surface area (Å²) < 4.78 is 29.9. The number of imide groups is 1. The number of fused-ring (bicyclic) bond motifs is 2. The van der Waals surface area contributed by atoms with E-state index in [9.17, 15) is 28.8 Å². The van der Waals surface area contributed by atoms with Gasteiger partial charge in [0.15, 0.2) is 24.5 Å². The molecular formula is C33H31N5O11. The molecule has 0 spiro atoms. The molecule has 6 heterocycles. The molecule has 0 radical (unpaired) electrons. The molecule has 1 saturated heterocycles. The standard InChI is InChI=1S/C33H31N5O11/c1-15(39)45-14-23-26(46-16(2)40)27(47-17(3)41)28(48-18(4)42)33(49-23)38-13-22(20-9-7-11-35-30(20)38)25-24(31(43)37(5)32(25)44)21-12-36-29-19(21)8-6-10-34-29/h6-13,23,26-28,33H,14H2,1-5H3,(H,34,36)/t23-,26-,27+,28-,33-/m1/s1. The number of likely N-dealkylation sites (N-methyl/N-ethyl adjacent to an activating group) is 1. The molecule has 5 atom stereocenters. The number of ether oxygens (including phenoxy) is 5. The Bertz CT molecular complexity index is 2060. The Morgan fingerprint density at radius 2 is 1.39 bits per heavy atom. The fourth-order valence-corrected chi connectivity index (χ4v) is 6.21. The Morgan fingerprint density at radius 3 is 2.04 bits per heavy atom. The minimum atomic E-state index is -1.44. The number of hydrogen-bond acceptors (Lipinski definition) is 13. The maximum atomic E-state index is 13.9. The highest BCUT2D eigenvalue weighted by Gasteiger charge is 2.53. The molecule has 0 unspecified atom stereocenters. The molecule has 0 aliphatic carbocycles. The average Bonchev–Trinajstić information content (AvgIpc) is 3.70. The minimum Gasteiger partial charge on any atom is -0.463 e. The Balaban J connectivity index is 1.58. The molecule has 1 N–H and O–H groups in total. The van der Waals surface area contributed by atoms with E-state index in [1.54, 1.807) is 36.7 Å². The summed E-state index contributed by atoms with van der Waals surface area (Å²) in [4.78, 5) is 89.3. The van der Waals surface area contributed by atoms with Gasteiger partial charge >= 0.3 is 23.9 Å². The van der Waals surface area contributed by atoms with E-state index in [0.29, 0.717) is 27.5 Å². The van der Waals surface area contributed by atoms with Crippen LogP contribution in [0.2, 0.25) is 0 Å². The van der Waals surface area contributed by atoms with Gasteiger partial charge in [-0.15, -0.1) is 0 Å². The quantitative estimate of drug-likeness (QED) is 0.162. The first-order valence-corrected chi connectivity index (χ1v) is 15.1. The lowest BCUT2D eigenvalue weighted by atomic mass is 9.96. The number of nitrogens with one attached hydrogen (secondary N) is 1. The van der Waals surface area contributed by atoms with Crippen LogP contribution >= 0.6 is 0 Å². The van der Waals surface area contributed by atoms with Crippen LogP contribution in [0.3, 0.4) is 0 Å². The zero-order valence-corrected chi connectivity index (χ0v) is 27.0. The van der Waals surface area contributed by atoms with Crippen molar-refractivity contribution >= 4 is 68.9 Å². The highest BCUT2D eigenvalue weighted by molar-refractivity contribution is 6.50. The first-order valence-electron chi connectivity index (χ1n) is 15.1. The Hall–Kier alpha value is -5.90. The van der Waals surface area contributed by atoms with Crippen LogP contribution in [0.4, 0.5) is 0 Å². The average molecular weight is 674 g/mol. The van der Waals surface area contributed by atoms with Crippen LogP contribution < -0.4 is 0 Å². The summed E-state index contributed by atoms with van der Waals surface area (Å²) in [5, 5.41) is 1.05. The number of nitrogens with zero attached hydrogens (tertiary/aromatic N) is 4. The van der Waals surface area contributed by atoms with Crippen LogP contribution in [0, 0.1) is 0 Å². The SMILES string of the molecule is CC(=O)OC[C@H]1O[C@@H](n2cc(C3=C(c4c[nH]c5ncccc45)C(=O)N(C)C3=O)c3cccnc32)[C@H](OC(C)=O)[C@@H](OC(C)=O)[C@@H]1OC(C)=O. The highest BCUT2D eigenvalue weighted by atomic mass is 16.7. The smallest absolute Gasteiger partial charge is 0.303 e. The van der Waals surface area contributed by atoms with Crippen molar-refractivity contribution in [3.8, 4) is 0 Å². The summed E-state index contributed by atoms with van der Waals surface area (Å²) in [5.74, 6) is -4.12. The van der Waals surface area contributed by atoms with Crippen molar-refractivity contribution in [2.75, 3.05) is 13.7 Å². The summed E-state index contributed by atoms with van der Waals surface area (Å²) in [6, 6.07) is 6.82.